The number of sulfonamides is 1. The Balaban J connectivity index is 1.45. The Morgan fingerprint density at radius 2 is 1.69 bits per heavy atom. The fraction of sp³-hybridized carbons (Fsp3) is 0.400. The SMILES string of the molecule is O=S(=O)(Cc1cccc(F)c1)N1CCC(COCc2ccccc2)CC1. The topological polar surface area (TPSA) is 46.6 Å². The smallest absolute Gasteiger partial charge is 0.218 e. The monoisotopic (exact) mass is 377 g/mol. The van der Waals surface area contributed by atoms with E-state index in [0.717, 1.165) is 18.4 Å². The normalized spacial score (nSPS) is 16.7. The van der Waals surface area contributed by atoms with Crippen molar-refractivity contribution < 1.29 is 17.5 Å². The van der Waals surface area contributed by atoms with E-state index in [0.29, 0.717) is 37.8 Å². The van der Waals surface area contributed by atoms with Gasteiger partial charge in [-0.1, -0.05) is 42.5 Å². The van der Waals surface area contributed by atoms with Crippen LogP contribution in [0.1, 0.15) is 24.0 Å². The lowest BCUT2D eigenvalue weighted by molar-refractivity contribution is 0.0687. The van der Waals surface area contributed by atoms with Gasteiger partial charge in [0.15, 0.2) is 0 Å². The van der Waals surface area contributed by atoms with Gasteiger partial charge in [-0.15, -0.1) is 0 Å². The molecule has 0 aromatic heterocycles. The number of benzene rings is 2. The van der Waals surface area contributed by atoms with E-state index >= 15 is 0 Å². The Morgan fingerprint density at radius 3 is 2.38 bits per heavy atom. The van der Waals surface area contributed by atoms with Gasteiger partial charge in [-0.25, -0.2) is 17.1 Å². The van der Waals surface area contributed by atoms with Crippen LogP contribution in [-0.4, -0.2) is 32.4 Å². The van der Waals surface area contributed by atoms with Crippen molar-refractivity contribution in [3.05, 3.63) is 71.5 Å². The fourth-order valence-electron chi connectivity index (χ4n) is 3.20. The van der Waals surface area contributed by atoms with Crippen LogP contribution in [0, 0.1) is 11.7 Å². The molecule has 0 saturated carbocycles. The number of ether oxygens (including phenoxy) is 1. The maximum Gasteiger partial charge on any atom is 0.218 e. The summed E-state index contributed by atoms with van der Waals surface area (Å²) >= 11 is 0. The van der Waals surface area contributed by atoms with Crippen LogP contribution in [-0.2, 0) is 27.1 Å². The van der Waals surface area contributed by atoms with Gasteiger partial charge >= 0.3 is 0 Å². The Morgan fingerprint density at radius 1 is 1.00 bits per heavy atom. The average molecular weight is 377 g/mol. The first-order chi connectivity index (χ1) is 12.5. The predicted molar refractivity (Wildman–Crippen MR) is 99.4 cm³/mol. The van der Waals surface area contributed by atoms with E-state index in [-0.39, 0.29) is 5.75 Å². The molecule has 0 aliphatic carbocycles. The molecule has 2 aromatic carbocycles. The third kappa shape index (κ3) is 5.37. The van der Waals surface area contributed by atoms with E-state index in [1.165, 1.54) is 22.5 Å². The summed E-state index contributed by atoms with van der Waals surface area (Å²) in [6.45, 7) is 2.22. The zero-order valence-corrected chi connectivity index (χ0v) is 15.5. The molecule has 1 aliphatic heterocycles. The molecule has 0 bridgehead atoms. The molecule has 140 valence electrons. The molecule has 0 unspecified atom stereocenters. The molecule has 2 aromatic rings. The van der Waals surface area contributed by atoms with Gasteiger partial charge in [-0.3, -0.25) is 0 Å². The molecule has 1 heterocycles. The fourth-order valence-corrected chi connectivity index (χ4v) is 4.75. The van der Waals surface area contributed by atoms with Crippen LogP contribution in [0.5, 0.6) is 0 Å². The molecule has 6 heteroatoms. The van der Waals surface area contributed by atoms with Gasteiger partial charge in [-0.05, 0) is 42.0 Å². The minimum Gasteiger partial charge on any atom is -0.376 e. The second-order valence-electron chi connectivity index (χ2n) is 6.73. The standard InChI is InChI=1S/C20H24FNO3S/c21-20-8-4-7-19(13-20)16-26(23,24)22-11-9-18(10-12-22)15-25-14-17-5-2-1-3-6-17/h1-8,13,18H,9-12,14-16H2. The van der Waals surface area contributed by atoms with Crippen molar-refractivity contribution >= 4 is 10.0 Å². The summed E-state index contributed by atoms with van der Waals surface area (Å²) in [6, 6.07) is 15.8. The highest BCUT2D eigenvalue weighted by Crippen LogP contribution is 2.22. The van der Waals surface area contributed by atoms with E-state index in [1.54, 1.807) is 6.07 Å². The molecule has 0 radical (unpaired) electrons. The lowest BCUT2D eigenvalue weighted by Gasteiger charge is -2.31. The van der Waals surface area contributed by atoms with E-state index in [9.17, 15) is 12.8 Å². The minimum atomic E-state index is -3.41. The maximum atomic E-state index is 13.3. The number of hydrogen-bond acceptors (Lipinski definition) is 3. The summed E-state index contributed by atoms with van der Waals surface area (Å²) in [5.74, 6) is -0.189. The van der Waals surface area contributed by atoms with Gasteiger partial charge in [-0.2, -0.15) is 0 Å². The summed E-state index contributed by atoms with van der Waals surface area (Å²) in [4.78, 5) is 0. The molecule has 0 spiro atoms. The summed E-state index contributed by atoms with van der Waals surface area (Å²) in [7, 11) is -3.41. The first-order valence-electron chi connectivity index (χ1n) is 8.87. The quantitative estimate of drug-likeness (QED) is 0.741. The van der Waals surface area contributed by atoms with Crippen molar-refractivity contribution in [2.75, 3.05) is 19.7 Å². The van der Waals surface area contributed by atoms with E-state index in [4.69, 9.17) is 4.74 Å². The van der Waals surface area contributed by atoms with Crippen LogP contribution in [0.15, 0.2) is 54.6 Å². The molecule has 1 saturated heterocycles. The van der Waals surface area contributed by atoms with Crippen LogP contribution in [0.3, 0.4) is 0 Å². The van der Waals surface area contributed by atoms with Crippen LogP contribution >= 0.6 is 0 Å². The van der Waals surface area contributed by atoms with Gasteiger partial charge in [0.1, 0.15) is 5.82 Å². The van der Waals surface area contributed by atoms with E-state index < -0.39 is 15.8 Å². The molecule has 26 heavy (non-hydrogen) atoms. The molecular formula is C20H24FNO3S. The zero-order chi connectivity index (χ0) is 18.4. The van der Waals surface area contributed by atoms with Crippen molar-refractivity contribution in [1.29, 1.82) is 0 Å². The van der Waals surface area contributed by atoms with Gasteiger partial charge in [0.25, 0.3) is 0 Å². The van der Waals surface area contributed by atoms with Crippen LogP contribution in [0.4, 0.5) is 4.39 Å². The molecule has 3 rings (SSSR count). The summed E-state index contributed by atoms with van der Waals surface area (Å²) in [5, 5.41) is 0. The van der Waals surface area contributed by atoms with Crippen LogP contribution in [0.25, 0.3) is 0 Å². The van der Waals surface area contributed by atoms with Crippen molar-refractivity contribution in [3.8, 4) is 0 Å². The zero-order valence-electron chi connectivity index (χ0n) is 14.7. The number of hydrogen-bond donors (Lipinski definition) is 0. The third-order valence-electron chi connectivity index (χ3n) is 4.67. The predicted octanol–water partition coefficient (Wildman–Crippen LogP) is 3.58. The number of rotatable bonds is 7. The molecule has 1 aliphatic rings. The Kier molecular flexibility index (Phi) is 6.40. The molecule has 4 nitrogen and oxygen atoms in total. The molecular weight excluding hydrogens is 353 g/mol. The lowest BCUT2D eigenvalue weighted by atomic mass is 9.99. The second kappa shape index (κ2) is 8.75. The highest BCUT2D eigenvalue weighted by molar-refractivity contribution is 7.88. The highest BCUT2D eigenvalue weighted by atomic mass is 32.2. The lowest BCUT2D eigenvalue weighted by Crippen LogP contribution is -2.40. The number of halogens is 1. The van der Waals surface area contributed by atoms with Gasteiger partial charge < -0.3 is 4.74 Å². The molecule has 1 fully saturated rings. The summed E-state index contributed by atoms with van der Waals surface area (Å²) < 4.78 is 45.6. The Hall–Kier alpha value is -1.76. The Bertz CT molecular complexity index is 803. The first-order valence-corrected chi connectivity index (χ1v) is 10.5. The number of nitrogens with zero attached hydrogens (tertiary/aromatic N) is 1. The van der Waals surface area contributed by atoms with Crippen LogP contribution < -0.4 is 0 Å². The van der Waals surface area contributed by atoms with Crippen molar-refractivity contribution in [3.63, 3.8) is 0 Å². The van der Waals surface area contributed by atoms with E-state index in [2.05, 4.69) is 0 Å². The maximum absolute atomic E-state index is 13.3. The van der Waals surface area contributed by atoms with Crippen molar-refractivity contribution in [2.45, 2.75) is 25.2 Å². The Labute approximate surface area is 154 Å². The third-order valence-corrected chi connectivity index (χ3v) is 6.52. The molecule has 0 N–H and O–H groups in total. The minimum absolute atomic E-state index is 0.153. The summed E-state index contributed by atoms with van der Waals surface area (Å²) in [6.07, 6.45) is 1.58. The van der Waals surface area contributed by atoms with Gasteiger partial charge in [0, 0.05) is 19.7 Å². The van der Waals surface area contributed by atoms with Crippen LogP contribution in [0.2, 0.25) is 0 Å². The largest absolute Gasteiger partial charge is 0.376 e. The second-order valence-corrected chi connectivity index (χ2v) is 8.70. The molecule has 0 amide bonds. The highest BCUT2D eigenvalue weighted by Gasteiger charge is 2.28. The number of piperidine rings is 1. The van der Waals surface area contributed by atoms with Crippen molar-refractivity contribution in [2.24, 2.45) is 5.92 Å². The first kappa shape index (κ1) is 19.0. The van der Waals surface area contributed by atoms with Crippen molar-refractivity contribution in [1.82, 2.24) is 4.31 Å². The summed E-state index contributed by atoms with van der Waals surface area (Å²) in [5.41, 5.74) is 1.63. The van der Waals surface area contributed by atoms with Gasteiger partial charge in [0.2, 0.25) is 10.0 Å². The molecule has 0 atom stereocenters. The average Bonchev–Trinajstić information content (AvgIpc) is 2.63. The van der Waals surface area contributed by atoms with E-state index in [1.807, 2.05) is 30.3 Å². The van der Waals surface area contributed by atoms with Gasteiger partial charge in [0.05, 0.1) is 12.4 Å².